The summed E-state index contributed by atoms with van der Waals surface area (Å²) in [5.41, 5.74) is 9.45. The number of hydrogen-bond donors (Lipinski definition) is 0. The molecule has 0 N–H and O–H groups in total. The van der Waals surface area contributed by atoms with Crippen molar-refractivity contribution < 1.29 is 0 Å². The van der Waals surface area contributed by atoms with E-state index in [0.29, 0.717) is 16.7 Å². The summed E-state index contributed by atoms with van der Waals surface area (Å²) >= 11 is 0. The van der Waals surface area contributed by atoms with Gasteiger partial charge in [0.2, 0.25) is 0 Å². The molecule has 3 heteroatoms. The molecule has 7 aromatic rings. The van der Waals surface area contributed by atoms with Gasteiger partial charge in [-0.05, 0) is 89.5 Å². The Morgan fingerprint density at radius 1 is 0.409 bits per heavy atom. The van der Waals surface area contributed by atoms with E-state index >= 15 is 0 Å². The molecule has 3 aliphatic rings. The maximum Gasteiger partial charge on any atom is 0.100 e. The SMILES string of the molecule is N#Cc1cccc2c1C1c3ccccc3C2c2c(C#N)cc(-c3ccc4c5ccccc5c5ccccc5c4c3)c(C#N)c21. The molecule has 0 aliphatic heterocycles. The van der Waals surface area contributed by atoms with E-state index in [2.05, 4.69) is 103 Å². The Kier molecular flexibility index (Phi) is 4.93. The second kappa shape index (κ2) is 8.89. The summed E-state index contributed by atoms with van der Waals surface area (Å²) in [6.07, 6.45) is 0. The predicted molar refractivity (Wildman–Crippen MR) is 173 cm³/mol. The van der Waals surface area contributed by atoms with Gasteiger partial charge in [-0.3, -0.25) is 0 Å². The van der Waals surface area contributed by atoms with Crippen molar-refractivity contribution in [3.05, 3.63) is 165 Å². The number of nitriles is 3. The fourth-order valence-electron chi connectivity index (χ4n) is 8.07. The molecule has 0 fully saturated rings. The molecular weight excluding hydrogens is 534 g/mol. The molecule has 44 heavy (non-hydrogen) atoms. The molecule has 0 heterocycles. The molecule has 10 rings (SSSR count). The smallest absolute Gasteiger partial charge is 0.100 e. The second-order valence-electron chi connectivity index (χ2n) is 11.7. The largest absolute Gasteiger partial charge is 0.192 e. The van der Waals surface area contributed by atoms with Crippen LogP contribution in [0.2, 0.25) is 0 Å². The number of benzene rings is 7. The highest BCUT2D eigenvalue weighted by molar-refractivity contribution is 6.25. The predicted octanol–water partition coefficient (Wildman–Crippen LogP) is 9.42. The Balaban J connectivity index is 1.38. The Bertz CT molecular complexity index is 2520. The van der Waals surface area contributed by atoms with E-state index < -0.39 is 0 Å². The second-order valence-corrected chi connectivity index (χ2v) is 11.7. The zero-order chi connectivity index (χ0) is 29.5. The van der Waals surface area contributed by atoms with E-state index in [9.17, 15) is 15.8 Å². The lowest BCUT2D eigenvalue weighted by Gasteiger charge is -2.43. The first-order chi connectivity index (χ1) is 21.7. The van der Waals surface area contributed by atoms with Crippen LogP contribution >= 0.6 is 0 Å². The molecule has 0 amide bonds. The van der Waals surface area contributed by atoms with Crippen LogP contribution in [-0.4, -0.2) is 0 Å². The van der Waals surface area contributed by atoms with Gasteiger partial charge >= 0.3 is 0 Å². The minimum atomic E-state index is -0.302. The molecule has 0 saturated carbocycles. The van der Waals surface area contributed by atoms with Crippen LogP contribution in [0.4, 0.5) is 0 Å². The summed E-state index contributed by atoms with van der Waals surface area (Å²) in [5, 5.41) is 38.7. The highest BCUT2D eigenvalue weighted by Crippen LogP contribution is 2.59. The standard InChI is InChI=1S/C41H21N3/c42-20-24-8-7-15-33-37(24)40-32-14-6-5-13-31(32)39(33)38-25(21-43)19-34(36(22-44)41(38)40)23-16-17-30-28-11-2-1-9-26(28)27-10-3-4-12-29(27)35(30)18-23/h1-19,39-40H. The number of fused-ring (bicyclic) bond motifs is 6. The summed E-state index contributed by atoms with van der Waals surface area (Å²) in [7, 11) is 0. The average Bonchev–Trinajstić information content (AvgIpc) is 3.10. The number of nitrogens with zero attached hydrogens (tertiary/aromatic N) is 3. The molecule has 2 unspecified atom stereocenters. The third kappa shape index (κ3) is 3.02. The van der Waals surface area contributed by atoms with Crippen molar-refractivity contribution in [2.24, 2.45) is 0 Å². The van der Waals surface area contributed by atoms with Gasteiger partial charge in [-0.2, -0.15) is 15.8 Å². The van der Waals surface area contributed by atoms with E-state index in [-0.39, 0.29) is 11.8 Å². The van der Waals surface area contributed by atoms with Gasteiger partial charge in [0, 0.05) is 17.4 Å². The molecule has 2 atom stereocenters. The minimum absolute atomic E-state index is 0.211. The van der Waals surface area contributed by atoms with Crippen LogP contribution in [0.1, 0.15) is 61.9 Å². The Hall–Kier alpha value is -6.21. The monoisotopic (exact) mass is 555 g/mol. The number of rotatable bonds is 1. The Labute approximate surface area is 254 Å². The van der Waals surface area contributed by atoms with Crippen molar-refractivity contribution in [1.29, 1.82) is 15.8 Å². The summed E-state index contributed by atoms with van der Waals surface area (Å²) in [6.45, 7) is 0. The van der Waals surface area contributed by atoms with Gasteiger partial charge in [0.25, 0.3) is 0 Å². The van der Waals surface area contributed by atoms with Gasteiger partial charge in [0.1, 0.15) is 6.07 Å². The van der Waals surface area contributed by atoms with Gasteiger partial charge in [0.05, 0.1) is 28.8 Å². The molecule has 7 aromatic carbocycles. The van der Waals surface area contributed by atoms with Crippen molar-refractivity contribution in [2.75, 3.05) is 0 Å². The van der Waals surface area contributed by atoms with Crippen LogP contribution < -0.4 is 0 Å². The number of hydrogen-bond acceptors (Lipinski definition) is 3. The van der Waals surface area contributed by atoms with Crippen LogP contribution in [0, 0.1) is 34.0 Å². The van der Waals surface area contributed by atoms with Gasteiger partial charge < -0.3 is 0 Å². The molecule has 0 spiro atoms. The van der Waals surface area contributed by atoms with E-state index in [1.54, 1.807) is 0 Å². The third-order valence-electron chi connectivity index (χ3n) is 9.75. The lowest BCUT2D eigenvalue weighted by atomic mass is 9.58. The Morgan fingerprint density at radius 3 is 1.61 bits per heavy atom. The molecule has 3 nitrogen and oxygen atoms in total. The lowest BCUT2D eigenvalue weighted by Crippen LogP contribution is -2.30. The topological polar surface area (TPSA) is 71.4 Å². The summed E-state index contributed by atoms with van der Waals surface area (Å²) in [5.74, 6) is -0.513. The molecule has 0 aromatic heterocycles. The molecule has 3 aliphatic carbocycles. The van der Waals surface area contributed by atoms with Crippen molar-refractivity contribution in [2.45, 2.75) is 11.8 Å². The normalized spacial score (nSPS) is 15.7. The highest BCUT2D eigenvalue weighted by atomic mass is 14.5. The van der Waals surface area contributed by atoms with Crippen LogP contribution in [-0.2, 0) is 0 Å². The van der Waals surface area contributed by atoms with Crippen molar-refractivity contribution >= 4 is 32.3 Å². The molecule has 2 bridgehead atoms. The van der Waals surface area contributed by atoms with Gasteiger partial charge in [-0.1, -0.05) is 97.1 Å². The quantitative estimate of drug-likeness (QED) is 0.189. The van der Waals surface area contributed by atoms with Gasteiger partial charge in [-0.15, -0.1) is 0 Å². The van der Waals surface area contributed by atoms with Crippen molar-refractivity contribution in [3.63, 3.8) is 0 Å². The van der Waals surface area contributed by atoms with Crippen LogP contribution in [0.5, 0.6) is 0 Å². The van der Waals surface area contributed by atoms with Crippen LogP contribution in [0.15, 0.2) is 115 Å². The zero-order valence-corrected chi connectivity index (χ0v) is 23.5. The minimum Gasteiger partial charge on any atom is -0.192 e. The van der Waals surface area contributed by atoms with E-state index in [1.807, 2.05) is 30.3 Å². The van der Waals surface area contributed by atoms with E-state index in [4.69, 9.17) is 0 Å². The first kappa shape index (κ1) is 24.4. The summed E-state index contributed by atoms with van der Waals surface area (Å²) in [6, 6.07) is 46.9. The molecule has 0 saturated heterocycles. The first-order valence-electron chi connectivity index (χ1n) is 14.7. The fraction of sp³-hybridized carbons (Fsp3) is 0.0488. The van der Waals surface area contributed by atoms with E-state index in [0.717, 1.165) is 60.7 Å². The summed E-state index contributed by atoms with van der Waals surface area (Å²) < 4.78 is 0. The lowest BCUT2D eigenvalue weighted by molar-refractivity contribution is 0.748. The zero-order valence-electron chi connectivity index (χ0n) is 23.5. The maximum absolute atomic E-state index is 10.9. The first-order valence-corrected chi connectivity index (χ1v) is 14.7. The molecule has 200 valence electrons. The van der Waals surface area contributed by atoms with E-state index in [1.165, 1.54) is 16.2 Å². The van der Waals surface area contributed by atoms with Gasteiger partial charge in [0.15, 0.2) is 0 Å². The average molecular weight is 556 g/mol. The van der Waals surface area contributed by atoms with Crippen LogP contribution in [0.25, 0.3) is 43.4 Å². The van der Waals surface area contributed by atoms with Crippen LogP contribution in [0.3, 0.4) is 0 Å². The third-order valence-corrected chi connectivity index (χ3v) is 9.75. The maximum atomic E-state index is 10.9. The van der Waals surface area contributed by atoms with Crippen molar-refractivity contribution in [1.82, 2.24) is 0 Å². The Morgan fingerprint density at radius 2 is 0.977 bits per heavy atom. The highest BCUT2D eigenvalue weighted by Gasteiger charge is 2.45. The summed E-state index contributed by atoms with van der Waals surface area (Å²) in [4.78, 5) is 0. The van der Waals surface area contributed by atoms with Crippen molar-refractivity contribution in [3.8, 4) is 29.3 Å². The van der Waals surface area contributed by atoms with Gasteiger partial charge in [-0.25, -0.2) is 0 Å². The fourth-order valence-corrected chi connectivity index (χ4v) is 8.07. The molecule has 0 radical (unpaired) electrons. The molecular formula is C41H21N3.